The molecule has 21 heavy (non-hydrogen) atoms. The van der Waals surface area contributed by atoms with E-state index in [2.05, 4.69) is 0 Å². The number of hydrogen-bond acceptors (Lipinski definition) is 3. The first-order chi connectivity index (χ1) is 9.99. The Hall–Kier alpha value is -1.59. The van der Waals surface area contributed by atoms with E-state index in [0.29, 0.717) is 13.1 Å². The number of aliphatic carboxylic acids is 1. The first kappa shape index (κ1) is 15.8. The van der Waals surface area contributed by atoms with E-state index in [-0.39, 0.29) is 30.3 Å². The van der Waals surface area contributed by atoms with Crippen LogP contribution in [-0.2, 0) is 14.4 Å². The number of piperidine rings is 1. The summed E-state index contributed by atoms with van der Waals surface area (Å²) < 4.78 is 0. The largest absolute Gasteiger partial charge is 0.480 e. The van der Waals surface area contributed by atoms with Crippen molar-refractivity contribution in [3.8, 4) is 0 Å². The molecule has 2 rings (SSSR count). The lowest BCUT2D eigenvalue weighted by Gasteiger charge is -2.36. The van der Waals surface area contributed by atoms with Crippen LogP contribution in [0.2, 0.25) is 0 Å². The summed E-state index contributed by atoms with van der Waals surface area (Å²) in [4.78, 5) is 38.5. The van der Waals surface area contributed by atoms with Gasteiger partial charge in [-0.3, -0.25) is 14.4 Å². The molecule has 1 N–H and O–H groups in total. The summed E-state index contributed by atoms with van der Waals surface area (Å²) in [5.41, 5.74) is 0. The molecule has 2 amide bonds. The summed E-state index contributed by atoms with van der Waals surface area (Å²) >= 11 is 0. The molecule has 1 heterocycles. The van der Waals surface area contributed by atoms with Gasteiger partial charge < -0.3 is 14.9 Å². The van der Waals surface area contributed by atoms with Crippen molar-refractivity contribution >= 4 is 17.8 Å². The zero-order valence-corrected chi connectivity index (χ0v) is 12.6. The van der Waals surface area contributed by atoms with Crippen LogP contribution in [0.5, 0.6) is 0 Å². The van der Waals surface area contributed by atoms with Gasteiger partial charge in [0.2, 0.25) is 11.8 Å². The molecule has 118 valence electrons. The van der Waals surface area contributed by atoms with E-state index in [4.69, 9.17) is 5.11 Å². The maximum Gasteiger partial charge on any atom is 0.323 e. The van der Waals surface area contributed by atoms with E-state index in [1.165, 1.54) is 6.92 Å². The number of carbonyl (C=O) groups excluding carboxylic acids is 2. The molecule has 0 radical (unpaired) electrons. The van der Waals surface area contributed by atoms with Crippen LogP contribution in [-0.4, -0.2) is 58.4 Å². The molecule has 1 atom stereocenters. The first-order valence-electron chi connectivity index (χ1n) is 7.77. The second kappa shape index (κ2) is 6.91. The second-order valence-electron chi connectivity index (χ2n) is 6.10. The predicted octanol–water partition coefficient (Wildman–Crippen LogP) is 1.10. The number of carboxylic acid groups (broad SMARTS) is 1. The second-order valence-corrected chi connectivity index (χ2v) is 6.10. The van der Waals surface area contributed by atoms with Crippen LogP contribution in [0.3, 0.4) is 0 Å². The Morgan fingerprint density at radius 1 is 1.14 bits per heavy atom. The van der Waals surface area contributed by atoms with Gasteiger partial charge in [-0.1, -0.05) is 12.8 Å². The minimum Gasteiger partial charge on any atom is -0.480 e. The third-order valence-corrected chi connectivity index (χ3v) is 4.57. The minimum absolute atomic E-state index is 0.0156. The maximum absolute atomic E-state index is 12.7. The molecule has 1 unspecified atom stereocenters. The molecule has 0 aromatic rings. The molecular formula is C15H24N2O4. The van der Waals surface area contributed by atoms with Crippen LogP contribution in [0.1, 0.15) is 45.4 Å². The molecule has 1 saturated carbocycles. The fraction of sp³-hybridized carbons (Fsp3) is 0.800. The van der Waals surface area contributed by atoms with Gasteiger partial charge in [-0.2, -0.15) is 0 Å². The van der Waals surface area contributed by atoms with Crippen molar-refractivity contribution in [2.45, 2.75) is 51.5 Å². The Balaban J connectivity index is 2.05. The van der Waals surface area contributed by atoms with Crippen LogP contribution >= 0.6 is 0 Å². The van der Waals surface area contributed by atoms with Crippen molar-refractivity contribution in [3.05, 3.63) is 0 Å². The van der Waals surface area contributed by atoms with Crippen LogP contribution in [0.25, 0.3) is 0 Å². The Morgan fingerprint density at radius 3 is 2.38 bits per heavy atom. The fourth-order valence-electron chi connectivity index (χ4n) is 3.45. The van der Waals surface area contributed by atoms with Crippen molar-refractivity contribution < 1.29 is 19.5 Å². The number of nitrogens with zero attached hydrogens (tertiary/aromatic N) is 2. The minimum atomic E-state index is -0.963. The number of rotatable bonds is 4. The third-order valence-electron chi connectivity index (χ3n) is 4.57. The molecule has 0 aromatic carbocycles. The Morgan fingerprint density at radius 2 is 1.81 bits per heavy atom. The zero-order valence-electron chi connectivity index (χ0n) is 12.6. The van der Waals surface area contributed by atoms with Gasteiger partial charge in [0, 0.05) is 26.1 Å². The third kappa shape index (κ3) is 3.95. The van der Waals surface area contributed by atoms with Gasteiger partial charge in [-0.05, 0) is 25.7 Å². The lowest BCUT2D eigenvalue weighted by molar-refractivity contribution is -0.150. The van der Waals surface area contributed by atoms with E-state index in [0.717, 1.165) is 38.5 Å². The van der Waals surface area contributed by atoms with Gasteiger partial charge in [0.15, 0.2) is 0 Å². The topological polar surface area (TPSA) is 77.9 Å². The van der Waals surface area contributed by atoms with Crippen molar-refractivity contribution in [1.82, 2.24) is 9.80 Å². The molecule has 1 aliphatic carbocycles. The number of amides is 2. The highest BCUT2D eigenvalue weighted by Crippen LogP contribution is 2.27. The molecule has 0 bridgehead atoms. The number of carboxylic acids is 1. The van der Waals surface area contributed by atoms with Gasteiger partial charge in [0.1, 0.15) is 6.54 Å². The van der Waals surface area contributed by atoms with Gasteiger partial charge >= 0.3 is 5.97 Å². The van der Waals surface area contributed by atoms with E-state index >= 15 is 0 Å². The molecule has 2 aliphatic rings. The van der Waals surface area contributed by atoms with Crippen LogP contribution in [0, 0.1) is 5.92 Å². The molecule has 1 aliphatic heterocycles. The van der Waals surface area contributed by atoms with E-state index in [9.17, 15) is 14.4 Å². The molecule has 6 nitrogen and oxygen atoms in total. The number of likely N-dealkylation sites (tertiary alicyclic amines) is 1. The highest BCUT2D eigenvalue weighted by atomic mass is 16.4. The van der Waals surface area contributed by atoms with E-state index in [1.807, 2.05) is 0 Å². The molecule has 2 fully saturated rings. The summed E-state index contributed by atoms with van der Waals surface area (Å²) in [5.74, 6) is -1.31. The lowest BCUT2D eigenvalue weighted by atomic mass is 9.95. The molecule has 0 spiro atoms. The quantitative estimate of drug-likeness (QED) is 0.842. The predicted molar refractivity (Wildman–Crippen MR) is 76.6 cm³/mol. The summed E-state index contributed by atoms with van der Waals surface area (Å²) in [7, 11) is 0. The Kier molecular flexibility index (Phi) is 5.20. The molecular weight excluding hydrogens is 272 g/mol. The summed E-state index contributed by atoms with van der Waals surface area (Å²) in [6, 6.07) is 0.0568. The van der Waals surface area contributed by atoms with Crippen LogP contribution in [0.4, 0.5) is 0 Å². The standard InChI is InChI=1S/C15H24N2O4/c1-11(18)16-8-4-5-12(9-16)15(21)17(10-14(19)20)13-6-2-3-7-13/h12-13H,2-10H2,1H3,(H,19,20). The summed E-state index contributed by atoms with van der Waals surface area (Å²) in [6.45, 7) is 2.41. The average Bonchev–Trinajstić information content (AvgIpc) is 2.98. The average molecular weight is 296 g/mol. The van der Waals surface area contributed by atoms with Crippen LogP contribution in [0.15, 0.2) is 0 Å². The highest BCUT2D eigenvalue weighted by molar-refractivity contribution is 5.84. The van der Waals surface area contributed by atoms with Crippen molar-refractivity contribution in [2.24, 2.45) is 5.92 Å². The van der Waals surface area contributed by atoms with Crippen LogP contribution < -0.4 is 0 Å². The number of carbonyl (C=O) groups is 3. The lowest BCUT2D eigenvalue weighted by Crippen LogP contribution is -2.50. The zero-order chi connectivity index (χ0) is 15.4. The smallest absolute Gasteiger partial charge is 0.323 e. The maximum atomic E-state index is 12.7. The van der Waals surface area contributed by atoms with Gasteiger partial charge in [0.05, 0.1) is 5.92 Å². The normalized spacial score (nSPS) is 23.1. The highest BCUT2D eigenvalue weighted by Gasteiger charge is 2.35. The van der Waals surface area contributed by atoms with Crippen molar-refractivity contribution in [2.75, 3.05) is 19.6 Å². The summed E-state index contributed by atoms with van der Waals surface area (Å²) in [6.07, 6.45) is 5.44. The molecule has 0 aromatic heterocycles. The Labute approximate surface area is 125 Å². The fourth-order valence-corrected chi connectivity index (χ4v) is 3.45. The van der Waals surface area contributed by atoms with Gasteiger partial charge in [-0.15, -0.1) is 0 Å². The SMILES string of the molecule is CC(=O)N1CCCC(C(=O)N(CC(=O)O)C2CCCC2)C1. The van der Waals surface area contributed by atoms with Gasteiger partial charge in [-0.25, -0.2) is 0 Å². The summed E-state index contributed by atoms with van der Waals surface area (Å²) in [5, 5.41) is 9.07. The molecule has 1 saturated heterocycles. The first-order valence-corrected chi connectivity index (χ1v) is 7.77. The molecule has 6 heteroatoms. The van der Waals surface area contributed by atoms with E-state index in [1.54, 1.807) is 9.80 Å². The van der Waals surface area contributed by atoms with Crippen molar-refractivity contribution in [3.63, 3.8) is 0 Å². The monoisotopic (exact) mass is 296 g/mol. The number of hydrogen-bond donors (Lipinski definition) is 1. The van der Waals surface area contributed by atoms with Gasteiger partial charge in [0.25, 0.3) is 0 Å². The van der Waals surface area contributed by atoms with E-state index < -0.39 is 5.97 Å². The Bertz CT molecular complexity index is 418. The van der Waals surface area contributed by atoms with Crippen molar-refractivity contribution in [1.29, 1.82) is 0 Å².